The predicted molar refractivity (Wildman–Crippen MR) is 97.2 cm³/mol. The number of carbonyl (C=O) groups excluding carboxylic acids is 1. The number of ether oxygens (including phenoxy) is 1. The van der Waals surface area contributed by atoms with E-state index in [0.29, 0.717) is 30.3 Å². The highest BCUT2D eigenvalue weighted by molar-refractivity contribution is 5.91. The van der Waals surface area contributed by atoms with E-state index in [-0.39, 0.29) is 5.91 Å². The molecule has 6 nitrogen and oxygen atoms in total. The van der Waals surface area contributed by atoms with Crippen LogP contribution in [-0.4, -0.2) is 29.6 Å². The highest BCUT2D eigenvalue weighted by Crippen LogP contribution is 2.50. The van der Waals surface area contributed by atoms with Crippen molar-refractivity contribution in [2.24, 2.45) is 0 Å². The van der Waals surface area contributed by atoms with Gasteiger partial charge in [0.1, 0.15) is 5.75 Å². The van der Waals surface area contributed by atoms with Gasteiger partial charge in [-0.1, -0.05) is 11.2 Å². The third kappa shape index (κ3) is 2.63. The zero-order chi connectivity index (χ0) is 18.4. The van der Waals surface area contributed by atoms with E-state index in [1.54, 1.807) is 19.4 Å². The molecule has 1 fully saturated rings. The summed E-state index contributed by atoms with van der Waals surface area (Å²) in [6, 6.07) is 11.5. The Labute approximate surface area is 156 Å². The molecule has 1 saturated carbocycles. The summed E-state index contributed by atoms with van der Waals surface area (Å²) in [6.45, 7) is 1.34. The Morgan fingerprint density at radius 3 is 2.81 bits per heavy atom. The fourth-order valence-electron chi connectivity index (χ4n) is 3.87. The maximum atomic E-state index is 13.3. The summed E-state index contributed by atoms with van der Waals surface area (Å²) < 4.78 is 16.1. The topological polar surface area (TPSA) is 68.7 Å². The van der Waals surface area contributed by atoms with Crippen molar-refractivity contribution in [2.45, 2.75) is 31.2 Å². The first-order valence-electron chi connectivity index (χ1n) is 9.16. The van der Waals surface area contributed by atoms with E-state index in [0.717, 1.165) is 25.0 Å². The number of hydrogen-bond acceptors (Lipinski definition) is 5. The molecule has 1 aliphatic heterocycles. The molecule has 1 aromatic carbocycles. The number of methoxy groups -OCH3 is 1. The summed E-state index contributed by atoms with van der Waals surface area (Å²) in [4.78, 5) is 15.3. The Kier molecular flexibility index (Phi) is 3.60. The molecule has 0 unspecified atom stereocenters. The van der Waals surface area contributed by atoms with Crippen LogP contribution in [0.2, 0.25) is 0 Å². The Balaban J connectivity index is 1.38. The van der Waals surface area contributed by atoms with E-state index < -0.39 is 5.41 Å². The van der Waals surface area contributed by atoms with E-state index in [9.17, 15) is 4.79 Å². The van der Waals surface area contributed by atoms with Crippen LogP contribution in [-0.2, 0) is 23.2 Å². The number of furan rings is 1. The first-order valence-corrected chi connectivity index (χ1v) is 9.16. The molecule has 0 saturated heterocycles. The van der Waals surface area contributed by atoms with Gasteiger partial charge in [0.15, 0.2) is 5.76 Å². The summed E-state index contributed by atoms with van der Waals surface area (Å²) in [5.41, 5.74) is 2.60. The minimum atomic E-state index is -0.543. The fraction of sp³-hybridized carbons (Fsp3) is 0.333. The molecular weight excluding hydrogens is 344 g/mol. The highest BCUT2D eigenvalue weighted by atomic mass is 16.5. The minimum Gasteiger partial charge on any atom is -0.497 e. The monoisotopic (exact) mass is 364 g/mol. The van der Waals surface area contributed by atoms with Crippen LogP contribution in [0.25, 0.3) is 11.5 Å². The second-order valence-corrected chi connectivity index (χ2v) is 7.25. The SMILES string of the molecule is COc1ccc2c(c1)CCN(C(=O)C1(c3cc(-c4ccco4)on3)CC1)C2. The molecule has 5 rings (SSSR count). The molecule has 3 heterocycles. The second-order valence-electron chi connectivity index (χ2n) is 7.25. The second kappa shape index (κ2) is 6.01. The van der Waals surface area contributed by atoms with Crippen LogP contribution in [0, 0.1) is 0 Å². The van der Waals surface area contributed by atoms with Gasteiger partial charge in [-0.3, -0.25) is 4.79 Å². The summed E-state index contributed by atoms with van der Waals surface area (Å²) in [5, 5.41) is 4.19. The van der Waals surface area contributed by atoms with Crippen LogP contribution in [0.5, 0.6) is 5.75 Å². The van der Waals surface area contributed by atoms with Gasteiger partial charge in [-0.2, -0.15) is 0 Å². The number of hydrogen-bond donors (Lipinski definition) is 0. The summed E-state index contributed by atoms with van der Waals surface area (Å²) in [7, 11) is 1.67. The first kappa shape index (κ1) is 16.2. The smallest absolute Gasteiger partial charge is 0.235 e. The first-order chi connectivity index (χ1) is 13.2. The quantitative estimate of drug-likeness (QED) is 0.708. The maximum Gasteiger partial charge on any atom is 0.235 e. The molecule has 138 valence electrons. The zero-order valence-electron chi connectivity index (χ0n) is 15.1. The number of aromatic nitrogens is 1. The Bertz CT molecular complexity index is 986. The Morgan fingerprint density at radius 1 is 1.19 bits per heavy atom. The van der Waals surface area contributed by atoms with Crippen molar-refractivity contribution in [2.75, 3.05) is 13.7 Å². The van der Waals surface area contributed by atoms with E-state index in [4.69, 9.17) is 13.7 Å². The number of rotatable bonds is 4. The van der Waals surface area contributed by atoms with Gasteiger partial charge in [-0.05, 0) is 54.7 Å². The van der Waals surface area contributed by atoms with E-state index in [1.807, 2.05) is 23.1 Å². The van der Waals surface area contributed by atoms with Crippen molar-refractivity contribution in [1.29, 1.82) is 0 Å². The fourth-order valence-corrected chi connectivity index (χ4v) is 3.87. The molecule has 0 bridgehead atoms. The van der Waals surface area contributed by atoms with Gasteiger partial charge >= 0.3 is 0 Å². The normalized spacial score (nSPS) is 17.4. The van der Waals surface area contributed by atoms with Crippen molar-refractivity contribution in [3.63, 3.8) is 0 Å². The lowest BCUT2D eigenvalue weighted by atomic mass is 9.95. The van der Waals surface area contributed by atoms with Gasteiger partial charge in [0.25, 0.3) is 0 Å². The van der Waals surface area contributed by atoms with E-state index >= 15 is 0 Å². The zero-order valence-corrected chi connectivity index (χ0v) is 15.1. The molecule has 2 aromatic heterocycles. The molecule has 0 N–H and O–H groups in total. The van der Waals surface area contributed by atoms with Crippen LogP contribution in [0.15, 0.2) is 51.6 Å². The van der Waals surface area contributed by atoms with Gasteiger partial charge < -0.3 is 18.6 Å². The number of fused-ring (bicyclic) bond motifs is 1. The van der Waals surface area contributed by atoms with Crippen molar-refractivity contribution < 1.29 is 18.5 Å². The Hall–Kier alpha value is -3.02. The van der Waals surface area contributed by atoms with Crippen molar-refractivity contribution >= 4 is 5.91 Å². The number of benzene rings is 1. The van der Waals surface area contributed by atoms with Crippen molar-refractivity contribution in [3.05, 3.63) is 59.5 Å². The molecule has 1 aliphatic carbocycles. The van der Waals surface area contributed by atoms with E-state index in [2.05, 4.69) is 17.3 Å². The van der Waals surface area contributed by atoms with E-state index in [1.165, 1.54) is 11.1 Å². The molecule has 1 amide bonds. The molecule has 0 atom stereocenters. The van der Waals surface area contributed by atoms with Gasteiger partial charge in [0.05, 0.1) is 24.5 Å². The van der Waals surface area contributed by atoms with Crippen LogP contribution >= 0.6 is 0 Å². The van der Waals surface area contributed by atoms with Crippen molar-refractivity contribution in [1.82, 2.24) is 10.1 Å². The Morgan fingerprint density at radius 2 is 2.07 bits per heavy atom. The largest absolute Gasteiger partial charge is 0.497 e. The number of carbonyl (C=O) groups is 1. The van der Waals surface area contributed by atoms with Crippen molar-refractivity contribution in [3.8, 4) is 17.3 Å². The van der Waals surface area contributed by atoms with Gasteiger partial charge in [-0.25, -0.2) is 0 Å². The minimum absolute atomic E-state index is 0.142. The van der Waals surface area contributed by atoms with Crippen LogP contribution < -0.4 is 4.74 Å². The molecule has 2 aliphatic rings. The molecular formula is C21H20N2O4. The average Bonchev–Trinajstić information content (AvgIpc) is 3.11. The average molecular weight is 364 g/mol. The van der Waals surface area contributed by atoms with Crippen LogP contribution in [0.3, 0.4) is 0 Å². The van der Waals surface area contributed by atoms with Gasteiger partial charge in [0, 0.05) is 19.2 Å². The maximum absolute atomic E-state index is 13.3. The lowest BCUT2D eigenvalue weighted by Crippen LogP contribution is -2.42. The molecule has 27 heavy (non-hydrogen) atoms. The number of nitrogens with zero attached hydrogens (tertiary/aromatic N) is 2. The lowest BCUT2D eigenvalue weighted by Gasteiger charge is -2.31. The molecule has 3 aromatic rings. The lowest BCUT2D eigenvalue weighted by molar-refractivity contribution is -0.135. The van der Waals surface area contributed by atoms with Gasteiger partial charge in [0.2, 0.25) is 11.7 Å². The summed E-state index contributed by atoms with van der Waals surface area (Å²) in [5.74, 6) is 2.19. The van der Waals surface area contributed by atoms with Gasteiger partial charge in [-0.15, -0.1) is 0 Å². The third-order valence-corrected chi connectivity index (χ3v) is 5.64. The number of amides is 1. The summed E-state index contributed by atoms with van der Waals surface area (Å²) >= 11 is 0. The van der Waals surface area contributed by atoms with Crippen LogP contribution in [0.4, 0.5) is 0 Å². The van der Waals surface area contributed by atoms with Crippen LogP contribution in [0.1, 0.15) is 29.7 Å². The molecule has 6 heteroatoms. The third-order valence-electron chi connectivity index (χ3n) is 5.64. The standard InChI is InChI=1S/C21H20N2O4/c1-25-16-5-4-15-13-23(9-6-14(15)11-16)20(24)21(7-8-21)19-12-18(27-22-19)17-3-2-10-26-17/h2-5,10-12H,6-9,13H2,1H3. The molecule has 0 spiro atoms. The highest BCUT2D eigenvalue weighted by Gasteiger charge is 2.55. The summed E-state index contributed by atoms with van der Waals surface area (Å²) in [6.07, 6.45) is 4.05. The molecule has 0 radical (unpaired) electrons. The predicted octanol–water partition coefficient (Wildman–Crippen LogP) is 3.56.